The maximum absolute atomic E-state index is 12.6. The number of hydrogen-bond acceptors (Lipinski definition) is 4. The van der Waals surface area contributed by atoms with E-state index in [9.17, 15) is 4.79 Å². The summed E-state index contributed by atoms with van der Waals surface area (Å²) in [5, 5.41) is 12.5. The van der Waals surface area contributed by atoms with Crippen LogP contribution >= 0.6 is 35.0 Å². The quantitative estimate of drug-likeness (QED) is 0.392. The molecular formula is C20H18Cl2N4OS. The fraction of sp³-hybridized carbons (Fsp3) is 0.150. The van der Waals surface area contributed by atoms with Crippen molar-refractivity contribution in [3.05, 3.63) is 71.2 Å². The van der Waals surface area contributed by atoms with E-state index in [1.54, 1.807) is 31.2 Å². The van der Waals surface area contributed by atoms with Crippen LogP contribution in [0, 0.1) is 0 Å². The summed E-state index contributed by atoms with van der Waals surface area (Å²) >= 11 is 13.4. The number of allylic oxidation sites excluding steroid dienone is 1. The van der Waals surface area contributed by atoms with Gasteiger partial charge in [-0.25, -0.2) is 0 Å². The Morgan fingerprint density at radius 3 is 2.68 bits per heavy atom. The summed E-state index contributed by atoms with van der Waals surface area (Å²) in [4.78, 5) is 12.6. The highest BCUT2D eigenvalue weighted by molar-refractivity contribution is 8.00. The highest BCUT2D eigenvalue weighted by Crippen LogP contribution is 2.29. The van der Waals surface area contributed by atoms with Crippen LogP contribution in [0.3, 0.4) is 0 Å². The first-order valence-electron chi connectivity index (χ1n) is 8.51. The van der Waals surface area contributed by atoms with Gasteiger partial charge >= 0.3 is 0 Å². The molecule has 3 aromatic rings. The molecule has 1 amide bonds. The molecular weight excluding hydrogens is 415 g/mol. The summed E-state index contributed by atoms with van der Waals surface area (Å²) in [7, 11) is 0. The van der Waals surface area contributed by atoms with Gasteiger partial charge < -0.3 is 5.32 Å². The van der Waals surface area contributed by atoms with Gasteiger partial charge in [0.05, 0.1) is 16.0 Å². The molecule has 0 aliphatic heterocycles. The molecule has 1 atom stereocenters. The van der Waals surface area contributed by atoms with E-state index in [0.717, 1.165) is 11.4 Å². The Labute approximate surface area is 177 Å². The van der Waals surface area contributed by atoms with E-state index in [1.165, 1.54) is 11.8 Å². The van der Waals surface area contributed by atoms with Crippen molar-refractivity contribution in [1.29, 1.82) is 0 Å². The van der Waals surface area contributed by atoms with Crippen LogP contribution in [0.25, 0.3) is 11.4 Å². The average molecular weight is 433 g/mol. The largest absolute Gasteiger partial charge is 0.324 e. The van der Waals surface area contributed by atoms with Gasteiger partial charge in [-0.3, -0.25) is 9.36 Å². The van der Waals surface area contributed by atoms with E-state index in [4.69, 9.17) is 23.2 Å². The van der Waals surface area contributed by atoms with Crippen LogP contribution in [0.2, 0.25) is 10.0 Å². The number of benzene rings is 2. The number of carbonyl (C=O) groups excluding carboxylic acids is 1. The molecule has 0 bridgehead atoms. The van der Waals surface area contributed by atoms with E-state index in [1.807, 2.05) is 34.9 Å². The Morgan fingerprint density at radius 1 is 1.25 bits per heavy atom. The van der Waals surface area contributed by atoms with Gasteiger partial charge in [-0.05, 0) is 25.1 Å². The second-order valence-corrected chi connectivity index (χ2v) is 8.10. The van der Waals surface area contributed by atoms with E-state index in [0.29, 0.717) is 27.4 Å². The lowest BCUT2D eigenvalue weighted by Gasteiger charge is -2.13. The second-order valence-electron chi connectivity index (χ2n) is 5.94. The normalized spacial score (nSPS) is 11.8. The standard InChI is InChI=1S/C20H18Cl2N4OS/c1-3-11-26-18(14-7-5-4-6-8-14)24-25-20(26)28-13(2)19(27)23-17-10-9-15(21)12-16(17)22/h3-10,12-13H,1,11H2,2H3,(H,23,27). The van der Waals surface area contributed by atoms with E-state index < -0.39 is 5.25 Å². The maximum atomic E-state index is 12.6. The summed E-state index contributed by atoms with van der Waals surface area (Å²) in [5.41, 5.74) is 1.47. The van der Waals surface area contributed by atoms with Crippen LogP contribution in [0.1, 0.15) is 6.92 Å². The zero-order chi connectivity index (χ0) is 20.1. The molecule has 3 rings (SSSR count). The summed E-state index contributed by atoms with van der Waals surface area (Å²) < 4.78 is 1.94. The Kier molecular flexibility index (Phi) is 6.78. The van der Waals surface area contributed by atoms with E-state index in [-0.39, 0.29) is 5.91 Å². The molecule has 8 heteroatoms. The van der Waals surface area contributed by atoms with Crippen molar-refractivity contribution in [2.45, 2.75) is 23.9 Å². The lowest BCUT2D eigenvalue weighted by Crippen LogP contribution is -2.23. The zero-order valence-electron chi connectivity index (χ0n) is 15.1. The average Bonchev–Trinajstić information content (AvgIpc) is 3.07. The summed E-state index contributed by atoms with van der Waals surface area (Å²) in [6.07, 6.45) is 1.78. The van der Waals surface area contributed by atoms with Crippen LogP contribution in [0.4, 0.5) is 5.69 Å². The highest BCUT2D eigenvalue weighted by Gasteiger charge is 2.21. The van der Waals surface area contributed by atoms with Crippen LogP contribution in [-0.2, 0) is 11.3 Å². The van der Waals surface area contributed by atoms with Gasteiger partial charge in [0.2, 0.25) is 5.91 Å². The minimum absolute atomic E-state index is 0.191. The van der Waals surface area contributed by atoms with Gasteiger partial charge in [0.1, 0.15) is 0 Å². The van der Waals surface area contributed by atoms with Crippen LogP contribution in [-0.4, -0.2) is 25.9 Å². The number of amides is 1. The minimum atomic E-state index is -0.414. The van der Waals surface area contributed by atoms with Gasteiger partial charge in [0.15, 0.2) is 11.0 Å². The van der Waals surface area contributed by atoms with E-state index >= 15 is 0 Å². The molecule has 2 aromatic carbocycles. The summed E-state index contributed by atoms with van der Waals surface area (Å²) in [6.45, 7) is 6.15. The molecule has 0 saturated carbocycles. The van der Waals surface area contributed by atoms with Crippen molar-refractivity contribution >= 4 is 46.6 Å². The monoisotopic (exact) mass is 432 g/mol. The van der Waals surface area contributed by atoms with Gasteiger partial charge in [0.25, 0.3) is 0 Å². The molecule has 0 saturated heterocycles. The molecule has 1 heterocycles. The van der Waals surface area contributed by atoms with Crippen LogP contribution < -0.4 is 5.32 Å². The second kappa shape index (κ2) is 9.28. The van der Waals surface area contributed by atoms with Crippen molar-refractivity contribution in [1.82, 2.24) is 14.8 Å². The van der Waals surface area contributed by atoms with Gasteiger partial charge in [-0.15, -0.1) is 16.8 Å². The number of hydrogen-bond donors (Lipinski definition) is 1. The third kappa shape index (κ3) is 4.76. The van der Waals surface area contributed by atoms with Crippen molar-refractivity contribution in [2.75, 3.05) is 5.32 Å². The first-order chi connectivity index (χ1) is 13.5. The third-order valence-electron chi connectivity index (χ3n) is 3.90. The lowest BCUT2D eigenvalue weighted by atomic mass is 10.2. The molecule has 0 spiro atoms. The van der Waals surface area contributed by atoms with Crippen molar-refractivity contribution in [3.63, 3.8) is 0 Å². The molecule has 0 radical (unpaired) electrons. The zero-order valence-corrected chi connectivity index (χ0v) is 17.4. The van der Waals surface area contributed by atoms with Crippen molar-refractivity contribution in [2.24, 2.45) is 0 Å². The van der Waals surface area contributed by atoms with Crippen LogP contribution in [0.5, 0.6) is 0 Å². The Hall–Kier alpha value is -2.28. The number of nitrogens with one attached hydrogen (secondary N) is 1. The number of carbonyl (C=O) groups is 1. The Morgan fingerprint density at radius 2 is 2.00 bits per heavy atom. The maximum Gasteiger partial charge on any atom is 0.237 e. The molecule has 144 valence electrons. The third-order valence-corrected chi connectivity index (χ3v) is 5.53. The number of thioether (sulfide) groups is 1. The summed E-state index contributed by atoms with van der Waals surface area (Å²) in [6, 6.07) is 14.7. The molecule has 28 heavy (non-hydrogen) atoms. The molecule has 1 unspecified atom stereocenters. The number of aromatic nitrogens is 3. The SMILES string of the molecule is C=CCn1c(SC(C)C(=O)Nc2ccc(Cl)cc2Cl)nnc1-c1ccccc1. The lowest BCUT2D eigenvalue weighted by molar-refractivity contribution is -0.115. The van der Waals surface area contributed by atoms with Crippen molar-refractivity contribution in [3.8, 4) is 11.4 Å². The molecule has 1 aromatic heterocycles. The van der Waals surface area contributed by atoms with Gasteiger partial charge in [-0.2, -0.15) is 0 Å². The number of nitrogens with zero attached hydrogens (tertiary/aromatic N) is 3. The topological polar surface area (TPSA) is 59.8 Å². The molecule has 0 fully saturated rings. The smallest absolute Gasteiger partial charge is 0.237 e. The first kappa shape index (κ1) is 20.5. The number of anilines is 1. The number of halogens is 2. The fourth-order valence-corrected chi connectivity index (χ4v) is 3.82. The minimum Gasteiger partial charge on any atom is -0.324 e. The van der Waals surface area contributed by atoms with Gasteiger partial charge in [0, 0.05) is 17.1 Å². The predicted molar refractivity (Wildman–Crippen MR) is 116 cm³/mol. The predicted octanol–water partition coefficient (Wildman–Crippen LogP) is 5.56. The van der Waals surface area contributed by atoms with Crippen LogP contribution in [0.15, 0.2) is 66.3 Å². The fourth-order valence-electron chi connectivity index (χ4n) is 2.51. The molecule has 1 N–H and O–H groups in total. The van der Waals surface area contributed by atoms with Gasteiger partial charge in [-0.1, -0.05) is 71.4 Å². The highest BCUT2D eigenvalue weighted by atomic mass is 35.5. The summed E-state index contributed by atoms with van der Waals surface area (Å²) in [5.74, 6) is 0.542. The first-order valence-corrected chi connectivity index (χ1v) is 10.1. The Balaban J connectivity index is 1.78. The molecule has 5 nitrogen and oxygen atoms in total. The van der Waals surface area contributed by atoms with Crippen molar-refractivity contribution < 1.29 is 4.79 Å². The number of rotatable bonds is 7. The Bertz CT molecular complexity index is 991. The van der Waals surface area contributed by atoms with E-state index in [2.05, 4.69) is 22.1 Å². The molecule has 0 aliphatic carbocycles. The molecule has 0 aliphatic rings.